The SMILES string of the molecule is C=CCC(NC(=O)C(N)c1ccccc1)C(=O)O. The Morgan fingerprint density at radius 3 is 2.50 bits per heavy atom. The summed E-state index contributed by atoms with van der Waals surface area (Å²) in [6.45, 7) is 3.45. The predicted molar refractivity (Wildman–Crippen MR) is 67.8 cm³/mol. The Kier molecular flexibility index (Phi) is 5.07. The molecule has 0 saturated carbocycles. The lowest BCUT2D eigenvalue weighted by Gasteiger charge is -2.16. The number of nitrogens with one attached hydrogen (secondary N) is 1. The molecule has 0 bridgehead atoms. The highest BCUT2D eigenvalue weighted by molar-refractivity contribution is 5.87. The van der Waals surface area contributed by atoms with Crippen LogP contribution in [0.5, 0.6) is 0 Å². The number of carbonyl (C=O) groups is 2. The van der Waals surface area contributed by atoms with E-state index in [0.717, 1.165) is 0 Å². The van der Waals surface area contributed by atoms with Crippen LogP contribution in [-0.2, 0) is 9.59 Å². The summed E-state index contributed by atoms with van der Waals surface area (Å²) in [5.41, 5.74) is 6.39. The van der Waals surface area contributed by atoms with Gasteiger partial charge in [-0.25, -0.2) is 4.79 Å². The van der Waals surface area contributed by atoms with Crippen molar-refractivity contribution in [1.82, 2.24) is 5.32 Å². The van der Waals surface area contributed by atoms with Gasteiger partial charge in [0.15, 0.2) is 0 Å². The Hall–Kier alpha value is -2.14. The number of amides is 1. The Balaban J connectivity index is 2.70. The molecule has 96 valence electrons. The molecule has 18 heavy (non-hydrogen) atoms. The van der Waals surface area contributed by atoms with E-state index in [-0.39, 0.29) is 6.42 Å². The van der Waals surface area contributed by atoms with Gasteiger partial charge >= 0.3 is 5.97 Å². The van der Waals surface area contributed by atoms with Crippen molar-refractivity contribution < 1.29 is 14.7 Å². The van der Waals surface area contributed by atoms with Crippen LogP contribution in [-0.4, -0.2) is 23.0 Å². The Morgan fingerprint density at radius 2 is 2.00 bits per heavy atom. The summed E-state index contributed by atoms with van der Waals surface area (Å²) < 4.78 is 0. The van der Waals surface area contributed by atoms with Gasteiger partial charge in [0.05, 0.1) is 0 Å². The van der Waals surface area contributed by atoms with Crippen LogP contribution in [0.3, 0.4) is 0 Å². The quantitative estimate of drug-likeness (QED) is 0.650. The van der Waals surface area contributed by atoms with Crippen LogP contribution in [0.25, 0.3) is 0 Å². The average Bonchev–Trinajstić information content (AvgIpc) is 2.38. The summed E-state index contributed by atoms with van der Waals surface area (Å²) >= 11 is 0. The first-order chi connectivity index (χ1) is 8.56. The monoisotopic (exact) mass is 248 g/mol. The second-order valence-corrected chi connectivity index (χ2v) is 3.81. The molecule has 0 aromatic heterocycles. The molecule has 0 fully saturated rings. The number of hydrogen-bond acceptors (Lipinski definition) is 3. The second-order valence-electron chi connectivity index (χ2n) is 3.81. The summed E-state index contributed by atoms with van der Waals surface area (Å²) in [4.78, 5) is 22.7. The molecule has 2 unspecified atom stereocenters. The highest BCUT2D eigenvalue weighted by Gasteiger charge is 2.22. The minimum Gasteiger partial charge on any atom is -0.480 e. The van der Waals surface area contributed by atoms with Crippen LogP contribution in [0.4, 0.5) is 0 Å². The molecule has 0 aliphatic heterocycles. The van der Waals surface area contributed by atoms with E-state index >= 15 is 0 Å². The van der Waals surface area contributed by atoms with E-state index in [1.807, 2.05) is 6.07 Å². The summed E-state index contributed by atoms with van der Waals surface area (Å²) in [6, 6.07) is 6.90. The number of carboxylic acids is 1. The summed E-state index contributed by atoms with van der Waals surface area (Å²) in [7, 11) is 0. The molecule has 5 nitrogen and oxygen atoms in total. The van der Waals surface area contributed by atoms with Crippen LogP contribution >= 0.6 is 0 Å². The van der Waals surface area contributed by atoms with Gasteiger partial charge in [0.2, 0.25) is 5.91 Å². The predicted octanol–water partition coefficient (Wildman–Crippen LogP) is 0.832. The first-order valence-corrected chi connectivity index (χ1v) is 5.51. The number of benzene rings is 1. The third kappa shape index (κ3) is 3.71. The number of carbonyl (C=O) groups excluding carboxylic acids is 1. The van der Waals surface area contributed by atoms with Gasteiger partial charge in [0.1, 0.15) is 12.1 Å². The molecule has 0 aliphatic rings. The Morgan fingerprint density at radius 1 is 1.39 bits per heavy atom. The molecule has 0 spiro atoms. The van der Waals surface area contributed by atoms with Crippen molar-refractivity contribution in [2.45, 2.75) is 18.5 Å². The maximum Gasteiger partial charge on any atom is 0.326 e. The largest absolute Gasteiger partial charge is 0.480 e. The molecule has 1 amide bonds. The first-order valence-electron chi connectivity index (χ1n) is 5.51. The van der Waals surface area contributed by atoms with Gasteiger partial charge in [-0.05, 0) is 12.0 Å². The van der Waals surface area contributed by atoms with Gasteiger partial charge in [0.25, 0.3) is 0 Å². The van der Waals surface area contributed by atoms with Crippen molar-refractivity contribution in [2.75, 3.05) is 0 Å². The van der Waals surface area contributed by atoms with Gasteiger partial charge in [0, 0.05) is 0 Å². The third-order valence-electron chi connectivity index (χ3n) is 2.46. The zero-order valence-corrected chi connectivity index (χ0v) is 9.87. The van der Waals surface area contributed by atoms with E-state index in [4.69, 9.17) is 10.8 Å². The zero-order chi connectivity index (χ0) is 13.5. The fourth-order valence-corrected chi connectivity index (χ4v) is 1.46. The van der Waals surface area contributed by atoms with E-state index in [9.17, 15) is 9.59 Å². The number of hydrogen-bond donors (Lipinski definition) is 3. The van der Waals surface area contributed by atoms with Crippen LogP contribution in [0.15, 0.2) is 43.0 Å². The lowest BCUT2D eigenvalue weighted by Crippen LogP contribution is -2.44. The normalized spacial score (nSPS) is 13.4. The topological polar surface area (TPSA) is 92.4 Å². The number of aliphatic carboxylic acids is 1. The maximum absolute atomic E-state index is 11.8. The van der Waals surface area contributed by atoms with Crippen LogP contribution in [0, 0.1) is 0 Å². The maximum atomic E-state index is 11.8. The van der Waals surface area contributed by atoms with Crippen molar-refractivity contribution in [3.63, 3.8) is 0 Å². The molecule has 4 N–H and O–H groups in total. The molecule has 5 heteroatoms. The molecule has 2 atom stereocenters. The molecule has 1 aromatic rings. The molecule has 1 aromatic carbocycles. The summed E-state index contributed by atoms with van der Waals surface area (Å²) in [6.07, 6.45) is 1.59. The summed E-state index contributed by atoms with van der Waals surface area (Å²) in [5.74, 6) is -1.63. The van der Waals surface area contributed by atoms with Crippen LogP contribution in [0.1, 0.15) is 18.0 Å². The number of nitrogens with two attached hydrogens (primary N) is 1. The van der Waals surface area contributed by atoms with Gasteiger partial charge < -0.3 is 16.2 Å². The van der Waals surface area contributed by atoms with Crippen LogP contribution in [0.2, 0.25) is 0 Å². The molecule has 0 saturated heterocycles. The highest BCUT2D eigenvalue weighted by atomic mass is 16.4. The zero-order valence-electron chi connectivity index (χ0n) is 9.87. The average molecular weight is 248 g/mol. The lowest BCUT2D eigenvalue weighted by molar-refractivity contribution is -0.141. The van der Waals surface area contributed by atoms with E-state index in [1.54, 1.807) is 24.3 Å². The minimum absolute atomic E-state index is 0.155. The lowest BCUT2D eigenvalue weighted by atomic mass is 10.1. The summed E-state index contributed by atoms with van der Waals surface area (Å²) in [5, 5.41) is 11.3. The smallest absolute Gasteiger partial charge is 0.326 e. The van der Waals surface area contributed by atoms with E-state index in [1.165, 1.54) is 6.08 Å². The van der Waals surface area contributed by atoms with Crippen molar-refractivity contribution in [2.24, 2.45) is 5.73 Å². The van der Waals surface area contributed by atoms with Gasteiger partial charge in [-0.15, -0.1) is 6.58 Å². The Bertz CT molecular complexity index is 431. The number of rotatable bonds is 6. The standard InChI is InChI=1S/C13H16N2O3/c1-2-6-10(13(17)18)15-12(16)11(14)9-7-4-3-5-8-9/h2-5,7-8,10-11H,1,6,14H2,(H,15,16)(H,17,18). The van der Waals surface area contributed by atoms with Gasteiger partial charge in [-0.1, -0.05) is 36.4 Å². The van der Waals surface area contributed by atoms with Gasteiger partial charge in [-0.3, -0.25) is 4.79 Å². The number of carboxylic acid groups (broad SMARTS) is 1. The van der Waals surface area contributed by atoms with Crippen molar-refractivity contribution in [1.29, 1.82) is 0 Å². The molecule has 0 radical (unpaired) electrons. The molecular weight excluding hydrogens is 232 g/mol. The third-order valence-corrected chi connectivity index (χ3v) is 2.46. The molecule has 0 aliphatic carbocycles. The van der Waals surface area contributed by atoms with Crippen molar-refractivity contribution in [3.05, 3.63) is 48.6 Å². The Labute approximate surface area is 105 Å². The van der Waals surface area contributed by atoms with Crippen molar-refractivity contribution in [3.8, 4) is 0 Å². The van der Waals surface area contributed by atoms with E-state index in [2.05, 4.69) is 11.9 Å². The second kappa shape index (κ2) is 6.56. The molecule has 1 rings (SSSR count). The van der Waals surface area contributed by atoms with E-state index in [0.29, 0.717) is 5.56 Å². The first kappa shape index (κ1) is 13.9. The fraction of sp³-hybridized carbons (Fsp3) is 0.231. The molecule has 0 heterocycles. The van der Waals surface area contributed by atoms with E-state index < -0.39 is 24.0 Å². The van der Waals surface area contributed by atoms with Crippen molar-refractivity contribution >= 4 is 11.9 Å². The fourth-order valence-electron chi connectivity index (χ4n) is 1.46. The van der Waals surface area contributed by atoms with Crippen LogP contribution < -0.4 is 11.1 Å². The minimum atomic E-state index is -1.11. The highest BCUT2D eigenvalue weighted by Crippen LogP contribution is 2.10. The van der Waals surface area contributed by atoms with Gasteiger partial charge in [-0.2, -0.15) is 0 Å². The molecular formula is C13H16N2O3.